The minimum atomic E-state index is -0.317. The van der Waals surface area contributed by atoms with Gasteiger partial charge in [-0.15, -0.1) is 12.8 Å². The quantitative estimate of drug-likeness (QED) is 0.259. The van der Waals surface area contributed by atoms with Crippen LogP contribution in [0.15, 0.2) is 30.5 Å². The molecule has 4 rings (SSSR count). The largest absolute Gasteiger partial charge is 0.321 e. The third-order valence-electron chi connectivity index (χ3n) is 3.88. The summed E-state index contributed by atoms with van der Waals surface area (Å²) in [5.74, 6) is 4.74. The van der Waals surface area contributed by atoms with E-state index in [4.69, 9.17) is 17.4 Å². The molecule has 1 fully saturated rings. The molecular weight excluding hydrogens is 351 g/mol. The number of nitrogen functional groups attached to an aromatic ring is 1. The molecule has 2 heterocycles. The fourth-order valence-corrected chi connectivity index (χ4v) is 2.55. The first-order valence-corrected chi connectivity index (χ1v) is 8.88. The number of aromatic nitrogens is 1. The second-order valence-corrected chi connectivity index (χ2v) is 6.23. The molecule has 0 radical (unpaired) electrons. The van der Waals surface area contributed by atoms with Crippen LogP contribution < -0.4 is 16.6 Å². The van der Waals surface area contributed by atoms with E-state index in [0.717, 1.165) is 12.0 Å². The van der Waals surface area contributed by atoms with Gasteiger partial charge in [0.15, 0.2) is 0 Å². The van der Waals surface area contributed by atoms with Gasteiger partial charge < -0.3 is 10.7 Å². The number of para-hydroxylation sites is 1. The number of aryl methyl sites for hydroxylation is 1. The molecule has 1 aliphatic carbocycles. The summed E-state index contributed by atoms with van der Waals surface area (Å²) in [6, 6.07) is 6.71. The molecule has 0 atom stereocenters. The van der Waals surface area contributed by atoms with Crippen LogP contribution in [0.3, 0.4) is 0 Å². The Morgan fingerprint density at radius 1 is 1.19 bits per heavy atom. The minimum absolute atomic E-state index is 0.317. The van der Waals surface area contributed by atoms with Gasteiger partial charge in [0, 0.05) is 6.20 Å². The van der Waals surface area contributed by atoms with E-state index >= 15 is 0 Å². The SMILES string of the molecule is C#C.C1CCNCC1.Cc1cccc(F)c1NN.Clc1cc2c(cn1)C2. The number of hydrazine groups is 1. The van der Waals surface area contributed by atoms with Crippen molar-refractivity contribution in [2.75, 3.05) is 18.5 Å². The number of piperidine rings is 1. The Labute approximate surface area is 160 Å². The third kappa shape index (κ3) is 7.83. The molecule has 2 aromatic rings. The number of pyridine rings is 1. The predicted octanol–water partition coefficient (Wildman–Crippen LogP) is 4.07. The van der Waals surface area contributed by atoms with Gasteiger partial charge in [0.1, 0.15) is 11.0 Å². The maximum absolute atomic E-state index is 12.7. The molecule has 0 saturated carbocycles. The summed E-state index contributed by atoms with van der Waals surface area (Å²) >= 11 is 5.57. The van der Waals surface area contributed by atoms with Gasteiger partial charge >= 0.3 is 0 Å². The van der Waals surface area contributed by atoms with Crippen LogP contribution in [0.2, 0.25) is 5.15 Å². The van der Waals surface area contributed by atoms with E-state index in [1.54, 1.807) is 19.1 Å². The van der Waals surface area contributed by atoms with Crippen LogP contribution in [0.25, 0.3) is 0 Å². The van der Waals surface area contributed by atoms with Crippen molar-refractivity contribution in [3.05, 3.63) is 58.1 Å². The summed E-state index contributed by atoms with van der Waals surface area (Å²) in [6.45, 7) is 4.29. The number of terminal acetylenes is 1. The summed E-state index contributed by atoms with van der Waals surface area (Å²) in [6.07, 6.45) is 15.1. The highest BCUT2D eigenvalue weighted by molar-refractivity contribution is 6.29. The molecule has 2 aliphatic rings. The first kappa shape index (κ1) is 21.9. The van der Waals surface area contributed by atoms with Crippen LogP contribution in [-0.4, -0.2) is 18.1 Å². The number of anilines is 1. The summed E-state index contributed by atoms with van der Waals surface area (Å²) in [7, 11) is 0. The lowest BCUT2D eigenvalue weighted by Gasteiger charge is -2.08. The number of hydrogen-bond donors (Lipinski definition) is 3. The number of nitrogens with two attached hydrogens (primary N) is 1. The van der Waals surface area contributed by atoms with Crippen molar-refractivity contribution in [2.45, 2.75) is 32.6 Å². The number of nitrogens with zero attached hydrogens (tertiary/aromatic N) is 1. The predicted molar refractivity (Wildman–Crippen MR) is 108 cm³/mol. The zero-order valence-corrected chi connectivity index (χ0v) is 15.8. The Hall–Kier alpha value is -2.13. The Balaban J connectivity index is 0.000000191. The smallest absolute Gasteiger partial charge is 0.147 e. The average Bonchev–Trinajstić information content (AvgIpc) is 3.45. The molecular formula is C20H26ClFN4. The average molecular weight is 377 g/mol. The van der Waals surface area contributed by atoms with Crippen LogP contribution in [-0.2, 0) is 6.42 Å². The molecule has 1 aliphatic heterocycles. The molecule has 0 unspecified atom stereocenters. The number of nitrogens with one attached hydrogen (secondary N) is 2. The number of benzene rings is 1. The van der Waals surface area contributed by atoms with Gasteiger partial charge in [0.2, 0.25) is 0 Å². The van der Waals surface area contributed by atoms with Crippen LogP contribution in [0.1, 0.15) is 36.0 Å². The minimum Gasteiger partial charge on any atom is -0.321 e. The van der Waals surface area contributed by atoms with Crippen molar-refractivity contribution in [1.29, 1.82) is 0 Å². The highest BCUT2D eigenvalue weighted by Gasteiger charge is 2.15. The first-order chi connectivity index (χ1) is 12.6. The van der Waals surface area contributed by atoms with Gasteiger partial charge in [0.05, 0.1) is 5.69 Å². The van der Waals surface area contributed by atoms with E-state index in [1.165, 1.54) is 49.5 Å². The van der Waals surface area contributed by atoms with E-state index in [0.29, 0.717) is 10.8 Å². The standard InChI is InChI=1S/C7H9FN2.C6H4ClN.C5H11N.C2H2/c1-5-3-2-4-6(8)7(5)10-9;7-6-2-4-1-5(4)3-8-6;1-2-4-6-5-3-1;1-2/h2-4,10H,9H2,1H3;2-3H,1H2;6H,1-5H2;1-2H. The highest BCUT2D eigenvalue weighted by atomic mass is 35.5. The zero-order chi connectivity index (χ0) is 19.4. The van der Waals surface area contributed by atoms with Gasteiger partial charge in [-0.25, -0.2) is 9.37 Å². The molecule has 0 amide bonds. The van der Waals surface area contributed by atoms with Crippen LogP contribution in [0.5, 0.6) is 0 Å². The number of rotatable bonds is 1. The Morgan fingerprint density at radius 2 is 1.88 bits per heavy atom. The lowest BCUT2D eigenvalue weighted by atomic mass is 10.2. The van der Waals surface area contributed by atoms with Gasteiger partial charge in [-0.3, -0.25) is 5.84 Å². The van der Waals surface area contributed by atoms with Crippen molar-refractivity contribution in [3.8, 4) is 12.8 Å². The normalized spacial score (nSPS) is 13.3. The van der Waals surface area contributed by atoms with Gasteiger partial charge in [-0.05, 0) is 68.1 Å². The fourth-order valence-electron chi connectivity index (χ4n) is 2.37. The molecule has 26 heavy (non-hydrogen) atoms. The van der Waals surface area contributed by atoms with Crippen molar-refractivity contribution >= 4 is 17.3 Å². The van der Waals surface area contributed by atoms with Crippen molar-refractivity contribution in [1.82, 2.24) is 10.3 Å². The van der Waals surface area contributed by atoms with E-state index in [2.05, 4.69) is 28.6 Å². The highest BCUT2D eigenvalue weighted by Crippen LogP contribution is 2.27. The molecule has 1 saturated heterocycles. The first-order valence-electron chi connectivity index (χ1n) is 8.51. The third-order valence-corrected chi connectivity index (χ3v) is 4.09. The molecule has 0 bridgehead atoms. The summed E-state index contributed by atoms with van der Waals surface area (Å²) in [5, 5.41) is 3.90. The van der Waals surface area contributed by atoms with Crippen molar-refractivity contribution in [3.63, 3.8) is 0 Å². The monoisotopic (exact) mass is 376 g/mol. The molecule has 1 aromatic carbocycles. The molecule has 0 spiro atoms. The van der Waals surface area contributed by atoms with Gasteiger partial charge in [0.25, 0.3) is 0 Å². The van der Waals surface area contributed by atoms with Gasteiger partial charge in [-0.1, -0.05) is 30.2 Å². The summed E-state index contributed by atoms with van der Waals surface area (Å²) < 4.78 is 12.7. The molecule has 4 N–H and O–H groups in total. The zero-order valence-electron chi connectivity index (χ0n) is 15.1. The maximum atomic E-state index is 12.7. The van der Waals surface area contributed by atoms with Crippen molar-refractivity contribution in [2.24, 2.45) is 5.84 Å². The second kappa shape index (κ2) is 12.3. The molecule has 6 heteroatoms. The summed E-state index contributed by atoms with van der Waals surface area (Å²) in [4.78, 5) is 3.90. The van der Waals surface area contributed by atoms with Crippen LogP contribution >= 0.6 is 11.6 Å². The fraction of sp³-hybridized carbons (Fsp3) is 0.350. The Bertz CT molecular complexity index is 667. The lowest BCUT2D eigenvalue weighted by Crippen LogP contribution is -2.21. The molecule has 140 valence electrons. The maximum Gasteiger partial charge on any atom is 0.147 e. The van der Waals surface area contributed by atoms with E-state index in [1.807, 2.05) is 12.3 Å². The van der Waals surface area contributed by atoms with Crippen LogP contribution in [0, 0.1) is 25.6 Å². The lowest BCUT2D eigenvalue weighted by molar-refractivity contribution is 0.520. The van der Waals surface area contributed by atoms with Crippen LogP contribution in [0.4, 0.5) is 10.1 Å². The molecule has 4 nitrogen and oxygen atoms in total. The summed E-state index contributed by atoms with van der Waals surface area (Å²) in [5.41, 5.74) is 6.15. The number of hydrogen-bond acceptors (Lipinski definition) is 4. The second-order valence-electron chi connectivity index (χ2n) is 5.84. The molecule has 1 aromatic heterocycles. The Kier molecular flexibility index (Phi) is 10.3. The Morgan fingerprint density at radius 3 is 2.27 bits per heavy atom. The van der Waals surface area contributed by atoms with Crippen molar-refractivity contribution < 1.29 is 4.39 Å². The van der Waals surface area contributed by atoms with E-state index < -0.39 is 0 Å². The number of fused-ring (bicyclic) bond motifs is 1. The topological polar surface area (TPSA) is 63.0 Å². The van der Waals surface area contributed by atoms with E-state index in [-0.39, 0.29) is 5.82 Å². The number of halogens is 2. The van der Waals surface area contributed by atoms with E-state index in [9.17, 15) is 4.39 Å². The van der Waals surface area contributed by atoms with Gasteiger partial charge in [-0.2, -0.15) is 0 Å².